The Morgan fingerprint density at radius 3 is 2.20 bits per heavy atom. The number of hydrogen-bond acceptors (Lipinski definition) is 4. The molecule has 0 saturated carbocycles. The third-order valence-electron chi connectivity index (χ3n) is 2.95. The molecule has 0 spiro atoms. The summed E-state index contributed by atoms with van der Waals surface area (Å²) in [5.41, 5.74) is 1.49. The highest BCUT2D eigenvalue weighted by Gasteiger charge is 2.21. The molecule has 1 aromatic heterocycles. The highest BCUT2D eigenvalue weighted by atomic mass is 32.1. The lowest BCUT2D eigenvalue weighted by molar-refractivity contribution is 0.103. The lowest BCUT2D eigenvalue weighted by Crippen LogP contribution is -2.01. The molecule has 20 heavy (non-hydrogen) atoms. The Balaban J connectivity index is 2.01. The number of carbonyl (C=O) groups excluding carboxylic acids is 1. The molecule has 3 aromatic rings. The molecule has 2 aromatic carbocycles. The second-order valence-corrected chi connectivity index (χ2v) is 5.04. The summed E-state index contributed by atoms with van der Waals surface area (Å²) in [6.45, 7) is 0. The van der Waals surface area contributed by atoms with Crippen molar-refractivity contribution in [2.24, 2.45) is 0 Å². The average molecular weight is 281 g/mol. The molecule has 98 valence electrons. The molecule has 1 heterocycles. The number of aromatic nitrogens is 1. The van der Waals surface area contributed by atoms with Crippen LogP contribution in [-0.2, 0) is 0 Å². The monoisotopic (exact) mass is 281 g/mol. The van der Waals surface area contributed by atoms with Gasteiger partial charge in [0.1, 0.15) is 0 Å². The molecule has 3 nitrogen and oxygen atoms in total. The van der Waals surface area contributed by atoms with Crippen molar-refractivity contribution in [1.29, 1.82) is 0 Å². The molecule has 0 unspecified atom stereocenters. The average Bonchev–Trinajstić information content (AvgIpc) is 2.90. The van der Waals surface area contributed by atoms with Crippen molar-refractivity contribution in [3.63, 3.8) is 0 Å². The van der Waals surface area contributed by atoms with E-state index >= 15 is 0 Å². The van der Waals surface area contributed by atoms with Crippen LogP contribution in [0.4, 0.5) is 0 Å². The van der Waals surface area contributed by atoms with Crippen LogP contribution in [0.15, 0.2) is 60.7 Å². The number of nitrogens with zero attached hydrogens (tertiary/aromatic N) is 1. The van der Waals surface area contributed by atoms with Gasteiger partial charge in [-0.2, -0.15) is 4.37 Å². The van der Waals surface area contributed by atoms with E-state index in [2.05, 4.69) is 4.37 Å². The summed E-state index contributed by atoms with van der Waals surface area (Å²) in [5.74, 6) is -0.309. The summed E-state index contributed by atoms with van der Waals surface area (Å²) in [6.07, 6.45) is 0. The van der Waals surface area contributed by atoms with Crippen molar-refractivity contribution in [3.05, 3.63) is 71.9 Å². The van der Waals surface area contributed by atoms with E-state index in [1.807, 2.05) is 36.4 Å². The summed E-state index contributed by atoms with van der Waals surface area (Å²) in [5, 5.41) is 10.2. The van der Waals surface area contributed by atoms with Crippen LogP contribution in [0.1, 0.15) is 16.1 Å². The fraction of sp³-hybridized carbons (Fsp3) is 0. The lowest BCUT2D eigenvalue weighted by Gasteiger charge is -1.99. The van der Waals surface area contributed by atoms with Crippen molar-refractivity contribution in [1.82, 2.24) is 4.37 Å². The molecule has 0 saturated heterocycles. The van der Waals surface area contributed by atoms with Crippen LogP contribution >= 0.6 is 11.5 Å². The van der Waals surface area contributed by atoms with E-state index in [4.69, 9.17) is 0 Å². The Kier molecular flexibility index (Phi) is 3.31. The van der Waals surface area contributed by atoms with Crippen molar-refractivity contribution in [2.45, 2.75) is 0 Å². The summed E-state index contributed by atoms with van der Waals surface area (Å²) < 4.78 is 4.11. The molecular weight excluding hydrogens is 270 g/mol. The second-order valence-electron chi connectivity index (χ2n) is 4.27. The largest absolute Gasteiger partial charge is 0.504 e. The molecule has 0 fully saturated rings. The SMILES string of the molecule is O=C(c1ccccc1)c1nsc(-c2ccccc2)c1O. The normalized spacial score (nSPS) is 10.4. The van der Waals surface area contributed by atoms with Crippen LogP contribution in [0.3, 0.4) is 0 Å². The van der Waals surface area contributed by atoms with E-state index in [-0.39, 0.29) is 17.2 Å². The van der Waals surface area contributed by atoms with Crippen LogP contribution in [0.5, 0.6) is 5.75 Å². The predicted molar refractivity (Wildman–Crippen MR) is 79.1 cm³/mol. The Hall–Kier alpha value is -2.46. The van der Waals surface area contributed by atoms with Crippen LogP contribution in [0.25, 0.3) is 10.4 Å². The minimum absolute atomic E-state index is 0.0462. The number of rotatable bonds is 3. The van der Waals surface area contributed by atoms with Crippen molar-refractivity contribution in [2.75, 3.05) is 0 Å². The van der Waals surface area contributed by atoms with Crippen molar-refractivity contribution in [3.8, 4) is 16.2 Å². The van der Waals surface area contributed by atoms with E-state index in [1.54, 1.807) is 24.3 Å². The molecule has 0 bridgehead atoms. The van der Waals surface area contributed by atoms with Gasteiger partial charge in [0, 0.05) is 5.56 Å². The van der Waals surface area contributed by atoms with Gasteiger partial charge in [0.15, 0.2) is 11.4 Å². The number of aromatic hydroxyl groups is 1. The second kappa shape index (κ2) is 5.27. The Morgan fingerprint density at radius 2 is 1.55 bits per heavy atom. The van der Waals surface area contributed by atoms with Crippen LogP contribution in [-0.4, -0.2) is 15.3 Å². The zero-order chi connectivity index (χ0) is 13.9. The molecular formula is C16H11NO2S. The van der Waals surface area contributed by atoms with Gasteiger partial charge >= 0.3 is 0 Å². The van der Waals surface area contributed by atoms with E-state index < -0.39 is 0 Å². The first kappa shape index (κ1) is 12.6. The smallest absolute Gasteiger partial charge is 0.216 e. The molecule has 0 amide bonds. The first-order valence-corrected chi connectivity index (χ1v) is 6.88. The van der Waals surface area contributed by atoms with Gasteiger partial charge in [-0.05, 0) is 17.1 Å². The number of carbonyl (C=O) groups is 1. The zero-order valence-corrected chi connectivity index (χ0v) is 11.3. The van der Waals surface area contributed by atoms with Gasteiger partial charge in [0.25, 0.3) is 0 Å². The van der Waals surface area contributed by atoms with Crippen molar-refractivity contribution < 1.29 is 9.90 Å². The first-order valence-electron chi connectivity index (χ1n) is 6.11. The van der Waals surface area contributed by atoms with E-state index in [1.165, 1.54) is 0 Å². The highest BCUT2D eigenvalue weighted by Crippen LogP contribution is 2.36. The van der Waals surface area contributed by atoms with E-state index in [0.29, 0.717) is 10.4 Å². The molecule has 1 N–H and O–H groups in total. The van der Waals surface area contributed by atoms with Crippen LogP contribution < -0.4 is 0 Å². The van der Waals surface area contributed by atoms with Crippen molar-refractivity contribution >= 4 is 17.3 Å². The minimum Gasteiger partial charge on any atom is -0.504 e. The van der Waals surface area contributed by atoms with Gasteiger partial charge in [-0.1, -0.05) is 60.7 Å². The zero-order valence-electron chi connectivity index (χ0n) is 10.5. The first-order chi connectivity index (χ1) is 9.77. The molecule has 0 aliphatic carbocycles. The van der Waals surface area contributed by atoms with Crippen LogP contribution in [0.2, 0.25) is 0 Å². The number of ketones is 1. The number of benzene rings is 2. The summed E-state index contributed by atoms with van der Waals surface area (Å²) >= 11 is 1.13. The Bertz CT molecular complexity index is 736. The van der Waals surface area contributed by atoms with Gasteiger partial charge in [-0.3, -0.25) is 4.79 Å². The Labute approximate surface area is 120 Å². The predicted octanol–water partition coefficient (Wildman–Crippen LogP) is 3.75. The highest BCUT2D eigenvalue weighted by molar-refractivity contribution is 7.10. The third kappa shape index (κ3) is 2.21. The summed E-state index contributed by atoms with van der Waals surface area (Å²) in [6, 6.07) is 18.3. The maximum atomic E-state index is 12.3. The standard InChI is InChI=1S/C16H11NO2S/c18-14(11-7-3-1-4-8-11)13-15(19)16(20-17-13)12-9-5-2-6-10-12/h1-10,19H. The molecule has 3 rings (SSSR count). The summed E-state index contributed by atoms with van der Waals surface area (Å²) in [7, 11) is 0. The topological polar surface area (TPSA) is 50.2 Å². The summed E-state index contributed by atoms with van der Waals surface area (Å²) in [4.78, 5) is 12.9. The fourth-order valence-electron chi connectivity index (χ4n) is 1.94. The van der Waals surface area contributed by atoms with E-state index in [9.17, 15) is 9.90 Å². The molecule has 0 aliphatic heterocycles. The van der Waals surface area contributed by atoms with Gasteiger partial charge < -0.3 is 5.11 Å². The van der Waals surface area contributed by atoms with Gasteiger partial charge in [0.05, 0.1) is 4.88 Å². The minimum atomic E-state index is -0.262. The molecule has 0 aliphatic rings. The van der Waals surface area contributed by atoms with Gasteiger partial charge in [0.2, 0.25) is 5.78 Å². The lowest BCUT2D eigenvalue weighted by atomic mass is 10.1. The van der Waals surface area contributed by atoms with Gasteiger partial charge in [-0.15, -0.1) is 0 Å². The van der Waals surface area contributed by atoms with E-state index in [0.717, 1.165) is 17.1 Å². The third-order valence-corrected chi connectivity index (χ3v) is 3.84. The molecule has 0 atom stereocenters. The maximum absolute atomic E-state index is 12.3. The quantitative estimate of drug-likeness (QED) is 0.744. The Morgan fingerprint density at radius 1 is 0.950 bits per heavy atom. The molecule has 4 heteroatoms. The fourth-order valence-corrected chi connectivity index (χ4v) is 2.72. The van der Waals surface area contributed by atoms with Gasteiger partial charge in [-0.25, -0.2) is 0 Å². The number of hydrogen-bond donors (Lipinski definition) is 1. The maximum Gasteiger partial charge on any atom is 0.216 e. The van der Waals surface area contributed by atoms with Crippen LogP contribution in [0, 0.1) is 0 Å². The molecule has 0 radical (unpaired) electrons.